The number of aryl methyl sites for hydroxylation is 2. The standard InChI is InChI=1S/C16H24N4O/c1-5-20-15(10-12(4)19-20)16(18-17)13-6-8-14(9-7-13)21-11(2)3/h6-11,16,18H,5,17H2,1-4H3. The van der Waals surface area contributed by atoms with Crippen molar-refractivity contribution in [2.24, 2.45) is 5.84 Å². The predicted molar refractivity (Wildman–Crippen MR) is 84.0 cm³/mol. The predicted octanol–water partition coefficient (Wildman–Crippen LogP) is 2.55. The maximum atomic E-state index is 5.77. The average molecular weight is 288 g/mol. The number of hydrogen-bond donors (Lipinski definition) is 2. The lowest BCUT2D eigenvalue weighted by atomic mass is 10.0. The van der Waals surface area contributed by atoms with E-state index in [9.17, 15) is 0 Å². The van der Waals surface area contributed by atoms with Crippen molar-refractivity contribution in [2.75, 3.05) is 0 Å². The minimum atomic E-state index is -0.0840. The summed E-state index contributed by atoms with van der Waals surface area (Å²) in [4.78, 5) is 0. The van der Waals surface area contributed by atoms with Crippen LogP contribution in [0.4, 0.5) is 0 Å². The Morgan fingerprint density at radius 2 is 1.95 bits per heavy atom. The molecular weight excluding hydrogens is 264 g/mol. The van der Waals surface area contributed by atoms with E-state index in [1.165, 1.54) is 0 Å². The van der Waals surface area contributed by atoms with Crippen LogP contribution in [-0.2, 0) is 6.54 Å². The molecule has 1 aromatic heterocycles. The zero-order valence-electron chi connectivity index (χ0n) is 13.1. The normalized spacial score (nSPS) is 12.7. The van der Waals surface area contributed by atoms with Gasteiger partial charge in [0.1, 0.15) is 5.75 Å². The molecule has 5 heteroatoms. The summed E-state index contributed by atoms with van der Waals surface area (Å²) < 4.78 is 7.64. The van der Waals surface area contributed by atoms with Crippen LogP contribution in [0.25, 0.3) is 0 Å². The Balaban J connectivity index is 2.28. The number of rotatable bonds is 6. The van der Waals surface area contributed by atoms with Crippen LogP contribution >= 0.6 is 0 Å². The van der Waals surface area contributed by atoms with E-state index >= 15 is 0 Å². The molecule has 0 saturated carbocycles. The minimum Gasteiger partial charge on any atom is -0.491 e. The van der Waals surface area contributed by atoms with Crippen LogP contribution in [-0.4, -0.2) is 15.9 Å². The molecule has 2 rings (SSSR count). The lowest BCUT2D eigenvalue weighted by Crippen LogP contribution is -2.30. The van der Waals surface area contributed by atoms with Gasteiger partial charge in [0.25, 0.3) is 0 Å². The van der Waals surface area contributed by atoms with Crippen molar-refractivity contribution in [3.63, 3.8) is 0 Å². The molecule has 114 valence electrons. The Bertz CT molecular complexity index is 574. The van der Waals surface area contributed by atoms with Crippen LogP contribution < -0.4 is 16.0 Å². The van der Waals surface area contributed by atoms with Gasteiger partial charge in [-0.2, -0.15) is 5.10 Å². The number of ether oxygens (including phenoxy) is 1. The molecule has 0 amide bonds. The first kappa shape index (κ1) is 15.5. The van der Waals surface area contributed by atoms with Gasteiger partial charge >= 0.3 is 0 Å². The van der Waals surface area contributed by atoms with Gasteiger partial charge in [-0.15, -0.1) is 0 Å². The Labute approximate surface area is 126 Å². The molecule has 0 bridgehead atoms. The van der Waals surface area contributed by atoms with Gasteiger partial charge in [0, 0.05) is 6.54 Å². The quantitative estimate of drug-likeness (QED) is 0.633. The second-order valence-electron chi connectivity index (χ2n) is 5.36. The van der Waals surface area contributed by atoms with Crippen LogP contribution in [0.15, 0.2) is 30.3 Å². The smallest absolute Gasteiger partial charge is 0.119 e. The van der Waals surface area contributed by atoms with Gasteiger partial charge < -0.3 is 4.74 Å². The Morgan fingerprint density at radius 3 is 2.48 bits per heavy atom. The number of hydrogen-bond acceptors (Lipinski definition) is 4. The van der Waals surface area contributed by atoms with Gasteiger partial charge in [0.2, 0.25) is 0 Å². The fraction of sp³-hybridized carbons (Fsp3) is 0.438. The fourth-order valence-electron chi connectivity index (χ4n) is 2.41. The highest BCUT2D eigenvalue weighted by molar-refractivity contribution is 5.34. The molecule has 0 fully saturated rings. The molecule has 0 saturated heterocycles. The molecule has 0 aliphatic rings. The van der Waals surface area contributed by atoms with Gasteiger partial charge in [-0.1, -0.05) is 12.1 Å². The Kier molecular flexibility index (Phi) is 4.98. The third-order valence-corrected chi connectivity index (χ3v) is 3.28. The minimum absolute atomic E-state index is 0.0840. The van der Waals surface area contributed by atoms with Crippen LogP contribution in [0.5, 0.6) is 5.75 Å². The SMILES string of the molecule is CCn1nc(C)cc1C(NN)c1ccc(OC(C)C)cc1. The number of nitrogens with two attached hydrogens (primary N) is 1. The molecule has 5 nitrogen and oxygen atoms in total. The maximum absolute atomic E-state index is 5.77. The average Bonchev–Trinajstić information content (AvgIpc) is 2.82. The first-order valence-corrected chi connectivity index (χ1v) is 7.32. The molecule has 0 spiro atoms. The molecule has 1 heterocycles. The van der Waals surface area contributed by atoms with E-state index < -0.39 is 0 Å². The van der Waals surface area contributed by atoms with Crippen molar-refractivity contribution in [1.29, 1.82) is 0 Å². The summed E-state index contributed by atoms with van der Waals surface area (Å²) in [5.74, 6) is 6.63. The summed E-state index contributed by atoms with van der Waals surface area (Å²) in [5, 5.41) is 4.48. The van der Waals surface area contributed by atoms with Crippen LogP contribution in [0.1, 0.15) is 43.8 Å². The number of nitrogens with one attached hydrogen (secondary N) is 1. The first-order valence-electron chi connectivity index (χ1n) is 7.32. The summed E-state index contributed by atoms with van der Waals surface area (Å²) in [7, 11) is 0. The molecule has 1 unspecified atom stereocenters. The molecular formula is C16H24N4O. The molecule has 0 aliphatic heterocycles. The van der Waals surface area contributed by atoms with Gasteiger partial charge in [-0.05, 0) is 51.5 Å². The third kappa shape index (κ3) is 3.62. The molecule has 3 N–H and O–H groups in total. The van der Waals surface area contributed by atoms with E-state index in [2.05, 4.69) is 23.5 Å². The molecule has 21 heavy (non-hydrogen) atoms. The molecule has 1 atom stereocenters. The van der Waals surface area contributed by atoms with E-state index in [0.29, 0.717) is 0 Å². The van der Waals surface area contributed by atoms with Gasteiger partial charge in [0.05, 0.1) is 23.5 Å². The van der Waals surface area contributed by atoms with Crippen molar-refractivity contribution in [3.05, 3.63) is 47.3 Å². The zero-order chi connectivity index (χ0) is 15.4. The van der Waals surface area contributed by atoms with E-state index in [1.807, 2.05) is 49.7 Å². The summed E-state index contributed by atoms with van der Waals surface area (Å²) in [6.07, 6.45) is 0.170. The second-order valence-corrected chi connectivity index (χ2v) is 5.36. The van der Waals surface area contributed by atoms with Crippen molar-refractivity contribution in [1.82, 2.24) is 15.2 Å². The van der Waals surface area contributed by atoms with Crippen LogP contribution in [0.2, 0.25) is 0 Å². The lowest BCUT2D eigenvalue weighted by Gasteiger charge is -2.18. The summed E-state index contributed by atoms with van der Waals surface area (Å²) >= 11 is 0. The van der Waals surface area contributed by atoms with E-state index in [0.717, 1.165) is 29.2 Å². The first-order chi connectivity index (χ1) is 10.0. The Hall–Kier alpha value is -1.85. The monoisotopic (exact) mass is 288 g/mol. The van der Waals surface area contributed by atoms with Crippen molar-refractivity contribution < 1.29 is 4.74 Å². The van der Waals surface area contributed by atoms with E-state index in [-0.39, 0.29) is 12.1 Å². The van der Waals surface area contributed by atoms with Gasteiger partial charge in [-0.3, -0.25) is 10.5 Å². The summed E-state index contributed by atoms with van der Waals surface area (Å²) in [6.45, 7) is 8.91. The largest absolute Gasteiger partial charge is 0.491 e. The summed E-state index contributed by atoms with van der Waals surface area (Å²) in [5.41, 5.74) is 6.02. The maximum Gasteiger partial charge on any atom is 0.119 e. The van der Waals surface area contributed by atoms with Crippen molar-refractivity contribution in [2.45, 2.75) is 46.4 Å². The van der Waals surface area contributed by atoms with Gasteiger partial charge in [-0.25, -0.2) is 5.43 Å². The lowest BCUT2D eigenvalue weighted by molar-refractivity contribution is 0.242. The zero-order valence-corrected chi connectivity index (χ0v) is 13.1. The molecule has 1 aromatic carbocycles. The molecule has 2 aromatic rings. The number of benzene rings is 1. The molecule has 0 radical (unpaired) electrons. The van der Waals surface area contributed by atoms with E-state index in [4.69, 9.17) is 10.6 Å². The molecule has 0 aliphatic carbocycles. The van der Waals surface area contributed by atoms with Crippen LogP contribution in [0, 0.1) is 6.92 Å². The topological polar surface area (TPSA) is 65.1 Å². The highest BCUT2D eigenvalue weighted by atomic mass is 16.5. The number of aromatic nitrogens is 2. The van der Waals surface area contributed by atoms with Crippen LogP contribution in [0.3, 0.4) is 0 Å². The Morgan fingerprint density at radius 1 is 1.29 bits per heavy atom. The highest BCUT2D eigenvalue weighted by Crippen LogP contribution is 2.24. The van der Waals surface area contributed by atoms with Gasteiger partial charge in [0.15, 0.2) is 0 Å². The number of hydrazine groups is 1. The fourth-order valence-corrected chi connectivity index (χ4v) is 2.41. The third-order valence-electron chi connectivity index (χ3n) is 3.28. The second kappa shape index (κ2) is 6.74. The highest BCUT2D eigenvalue weighted by Gasteiger charge is 2.17. The van der Waals surface area contributed by atoms with Crippen molar-refractivity contribution in [3.8, 4) is 5.75 Å². The number of nitrogens with zero attached hydrogens (tertiary/aromatic N) is 2. The van der Waals surface area contributed by atoms with E-state index in [1.54, 1.807) is 0 Å². The van der Waals surface area contributed by atoms with Crippen molar-refractivity contribution >= 4 is 0 Å². The summed E-state index contributed by atoms with van der Waals surface area (Å²) in [6, 6.07) is 9.99.